The number of hydrogen-bond donors (Lipinski definition) is 2. The fourth-order valence-electron chi connectivity index (χ4n) is 4.35. The maximum Gasteiger partial charge on any atom is 0.335 e. The van der Waals surface area contributed by atoms with Gasteiger partial charge in [0.15, 0.2) is 0 Å². The minimum atomic E-state index is -1.04. The molecule has 0 aromatic heterocycles. The number of hydrogen-bond acceptors (Lipinski definition) is 5. The van der Waals surface area contributed by atoms with E-state index < -0.39 is 23.7 Å². The molecule has 7 nitrogen and oxygen atoms in total. The maximum atomic E-state index is 13.3. The zero-order valence-corrected chi connectivity index (χ0v) is 20.4. The first-order valence-corrected chi connectivity index (χ1v) is 11.7. The van der Waals surface area contributed by atoms with Crippen molar-refractivity contribution < 1.29 is 24.6 Å². The van der Waals surface area contributed by atoms with E-state index in [-0.39, 0.29) is 23.4 Å². The van der Waals surface area contributed by atoms with Gasteiger partial charge in [-0.3, -0.25) is 9.59 Å². The Morgan fingerprint density at radius 1 is 0.833 bits per heavy atom. The average molecular weight is 485 g/mol. The molecule has 0 aliphatic carbocycles. The van der Waals surface area contributed by atoms with Gasteiger partial charge in [0, 0.05) is 31.9 Å². The lowest BCUT2D eigenvalue weighted by atomic mass is 9.94. The predicted molar refractivity (Wildman–Crippen MR) is 138 cm³/mol. The van der Waals surface area contributed by atoms with Crippen molar-refractivity contribution in [3.63, 3.8) is 0 Å². The second kappa shape index (κ2) is 10.1. The number of benzene rings is 3. The number of Topliss-reactive ketones (excluding diaryl/α,β-unsaturated/α-hetero) is 1. The molecule has 36 heavy (non-hydrogen) atoms. The first kappa shape index (κ1) is 24.7. The van der Waals surface area contributed by atoms with E-state index >= 15 is 0 Å². The highest BCUT2D eigenvalue weighted by Crippen LogP contribution is 2.40. The van der Waals surface area contributed by atoms with Crippen LogP contribution in [0.3, 0.4) is 0 Å². The van der Waals surface area contributed by atoms with Crippen LogP contribution in [0.5, 0.6) is 0 Å². The highest BCUT2D eigenvalue weighted by molar-refractivity contribution is 6.46. The lowest BCUT2D eigenvalue weighted by molar-refractivity contribution is -0.140. The van der Waals surface area contributed by atoms with Gasteiger partial charge in [-0.25, -0.2) is 4.79 Å². The number of carboxylic acid groups (broad SMARTS) is 1. The predicted octanol–water partition coefficient (Wildman–Crippen LogP) is 4.64. The van der Waals surface area contributed by atoms with Crippen molar-refractivity contribution in [2.75, 3.05) is 19.0 Å². The molecule has 1 saturated heterocycles. The molecule has 2 N–H and O–H groups in total. The number of anilines is 1. The zero-order chi connectivity index (χ0) is 26.0. The fraction of sp³-hybridized carbons (Fsp3) is 0.207. The number of aliphatic hydroxyl groups excluding tert-OH is 1. The van der Waals surface area contributed by atoms with Crippen molar-refractivity contribution in [1.82, 2.24) is 4.90 Å². The number of aryl methyl sites for hydroxylation is 1. The Balaban J connectivity index is 1.81. The van der Waals surface area contributed by atoms with Gasteiger partial charge < -0.3 is 20.0 Å². The van der Waals surface area contributed by atoms with Gasteiger partial charge in [-0.1, -0.05) is 55.5 Å². The molecule has 7 heteroatoms. The third-order valence-electron chi connectivity index (χ3n) is 6.45. The molecule has 4 rings (SSSR count). The largest absolute Gasteiger partial charge is 0.507 e. The first-order valence-electron chi connectivity index (χ1n) is 11.7. The van der Waals surface area contributed by atoms with Gasteiger partial charge >= 0.3 is 5.97 Å². The topological polar surface area (TPSA) is 98.2 Å². The molecule has 184 valence electrons. The summed E-state index contributed by atoms with van der Waals surface area (Å²) in [6.07, 6.45) is 0.838. The summed E-state index contributed by atoms with van der Waals surface area (Å²) in [4.78, 5) is 41.1. The van der Waals surface area contributed by atoms with E-state index in [1.54, 1.807) is 24.3 Å². The number of aliphatic hydroxyl groups is 1. The van der Waals surface area contributed by atoms with Crippen LogP contribution in [0.2, 0.25) is 0 Å². The second-order valence-electron chi connectivity index (χ2n) is 8.97. The normalized spacial score (nSPS) is 16.9. The summed E-state index contributed by atoms with van der Waals surface area (Å²) in [5, 5.41) is 20.4. The van der Waals surface area contributed by atoms with Crippen LogP contribution < -0.4 is 4.90 Å². The molecule has 3 aromatic carbocycles. The number of nitrogens with zero attached hydrogens (tertiary/aromatic N) is 2. The van der Waals surface area contributed by atoms with Crippen LogP contribution in [0.1, 0.15) is 45.6 Å². The molecular weight excluding hydrogens is 456 g/mol. The minimum absolute atomic E-state index is 0.0315. The summed E-state index contributed by atoms with van der Waals surface area (Å²) in [5.74, 6) is -2.74. The van der Waals surface area contributed by atoms with Crippen molar-refractivity contribution in [3.05, 3.63) is 106 Å². The van der Waals surface area contributed by atoms with Crippen LogP contribution in [-0.4, -0.2) is 46.9 Å². The number of amides is 1. The van der Waals surface area contributed by atoms with Crippen molar-refractivity contribution in [1.29, 1.82) is 0 Å². The molecule has 1 unspecified atom stereocenters. The molecule has 0 spiro atoms. The molecule has 1 atom stereocenters. The molecule has 1 amide bonds. The van der Waals surface area contributed by atoms with E-state index in [0.717, 1.165) is 17.7 Å². The number of ketones is 1. The quantitative estimate of drug-likeness (QED) is 0.288. The molecular formula is C29H28N2O5. The van der Waals surface area contributed by atoms with Gasteiger partial charge in [0.05, 0.1) is 17.2 Å². The van der Waals surface area contributed by atoms with Crippen LogP contribution in [0.25, 0.3) is 5.76 Å². The van der Waals surface area contributed by atoms with Crippen LogP contribution in [0.4, 0.5) is 5.69 Å². The Kier molecular flexibility index (Phi) is 6.92. The minimum Gasteiger partial charge on any atom is -0.507 e. The molecule has 1 aliphatic rings. The number of carbonyl (C=O) groups excluding carboxylic acids is 2. The molecule has 1 fully saturated rings. The van der Waals surface area contributed by atoms with E-state index in [0.29, 0.717) is 16.7 Å². The van der Waals surface area contributed by atoms with Gasteiger partial charge in [-0.15, -0.1) is 0 Å². The number of likely N-dealkylation sites (tertiary alicyclic amines) is 1. The standard InChI is InChI=1S/C29H28N2O5/c1-4-18-5-9-21(10-6-18)26(32)24-25(20-13-15-23(16-14-20)30(2)3)31(28(34)27(24)33)17-19-7-11-22(12-8-19)29(35)36/h5-16,25,32H,4,17H2,1-3H3,(H,35,36)/b26-24+. The van der Waals surface area contributed by atoms with Crippen LogP contribution >= 0.6 is 0 Å². The van der Waals surface area contributed by atoms with Gasteiger partial charge in [-0.2, -0.15) is 0 Å². The van der Waals surface area contributed by atoms with Crippen LogP contribution in [0, 0.1) is 0 Å². The molecule has 0 bridgehead atoms. The summed E-state index contributed by atoms with van der Waals surface area (Å²) in [5.41, 5.74) is 4.03. The van der Waals surface area contributed by atoms with E-state index in [4.69, 9.17) is 0 Å². The lowest BCUT2D eigenvalue weighted by Gasteiger charge is -2.26. The lowest BCUT2D eigenvalue weighted by Crippen LogP contribution is -2.29. The van der Waals surface area contributed by atoms with Crippen LogP contribution in [0.15, 0.2) is 78.4 Å². The summed E-state index contributed by atoms with van der Waals surface area (Å²) in [7, 11) is 3.84. The molecule has 1 heterocycles. The van der Waals surface area contributed by atoms with Crippen molar-refractivity contribution in [3.8, 4) is 0 Å². The number of aromatic carboxylic acids is 1. The van der Waals surface area contributed by atoms with Crippen molar-refractivity contribution in [2.24, 2.45) is 0 Å². The van der Waals surface area contributed by atoms with E-state index in [1.807, 2.05) is 62.3 Å². The third kappa shape index (κ3) is 4.73. The monoisotopic (exact) mass is 484 g/mol. The number of rotatable bonds is 7. The molecule has 0 saturated carbocycles. The summed E-state index contributed by atoms with van der Waals surface area (Å²) < 4.78 is 0. The fourth-order valence-corrected chi connectivity index (χ4v) is 4.35. The molecule has 0 radical (unpaired) electrons. The summed E-state index contributed by atoms with van der Waals surface area (Å²) >= 11 is 0. The summed E-state index contributed by atoms with van der Waals surface area (Å²) in [6.45, 7) is 2.11. The Morgan fingerprint density at radius 2 is 1.39 bits per heavy atom. The Hall–Kier alpha value is -4.39. The van der Waals surface area contributed by atoms with Gasteiger partial charge in [0.1, 0.15) is 5.76 Å². The highest BCUT2D eigenvalue weighted by atomic mass is 16.4. The van der Waals surface area contributed by atoms with E-state index in [9.17, 15) is 24.6 Å². The third-order valence-corrected chi connectivity index (χ3v) is 6.45. The molecule has 3 aromatic rings. The van der Waals surface area contributed by atoms with Crippen LogP contribution in [-0.2, 0) is 22.6 Å². The maximum absolute atomic E-state index is 13.3. The smallest absolute Gasteiger partial charge is 0.335 e. The van der Waals surface area contributed by atoms with Crippen molar-refractivity contribution in [2.45, 2.75) is 25.9 Å². The SMILES string of the molecule is CCc1ccc(/C(O)=C2\C(=O)C(=O)N(Cc3ccc(C(=O)O)cc3)C2c2ccc(N(C)C)cc2)cc1. The van der Waals surface area contributed by atoms with Gasteiger partial charge in [0.2, 0.25) is 0 Å². The first-order chi connectivity index (χ1) is 17.2. The van der Waals surface area contributed by atoms with E-state index in [2.05, 4.69) is 0 Å². The zero-order valence-electron chi connectivity index (χ0n) is 20.4. The Labute approximate surface area is 209 Å². The second-order valence-corrected chi connectivity index (χ2v) is 8.97. The highest BCUT2D eigenvalue weighted by Gasteiger charge is 2.46. The molecule has 1 aliphatic heterocycles. The number of carboxylic acids is 1. The van der Waals surface area contributed by atoms with Gasteiger partial charge in [0.25, 0.3) is 11.7 Å². The average Bonchev–Trinajstić information content (AvgIpc) is 3.13. The number of carbonyl (C=O) groups is 3. The summed E-state index contributed by atoms with van der Waals surface area (Å²) in [6, 6.07) is 20.1. The van der Waals surface area contributed by atoms with Gasteiger partial charge in [-0.05, 0) is 47.4 Å². The van der Waals surface area contributed by atoms with Crippen molar-refractivity contribution >= 4 is 29.1 Å². The Morgan fingerprint density at radius 3 is 1.92 bits per heavy atom. The Bertz CT molecular complexity index is 1320. The van der Waals surface area contributed by atoms with E-state index in [1.165, 1.54) is 17.0 Å².